The Morgan fingerprint density at radius 1 is 1.44 bits per heavy atom. The van der Waals surface area contributed by atoms with Crippen molar-refractivity contribution in [3.05, 3.63) is 34.9 Å². The number of carbonyl (C=O) groups excluding carboxylic acids is 2. The summed E-state index contributed by atoms with van der Waals surface area (Å²) in [5.74, 6) is -0.654. The second kappa shape index (κ2) is 7.01. The fourth-order valence-electron chi connectivity index (χ4n) is 1.58. The van der Waals surface area contributed by atoms with Crippen molar-refractivity contribution in [2.75, 3.05) is 13.7 Å². The van der Waals surface area contributed by atoms with E-state index in [1.807, 2.05) is 12.1 Å². The molecule has 0 bridgehead atoms. The van der Waals surface area contributed by atoms with Crippen LogP contribution < -0.4 is 5.32 Å². The van der Waals surface area contributed by atoms with Crippen LogP contribution in [0, 0.1) is 0 Å². The first kappa shape index (κ1) is 14.5. The van der Waals surface area contributed by atoms with Crippen molar-refractivity contribution in [3.63, 3.8) is 0 Å². The Morgan fingerprint density at radius 2 is 2.17 bits per heavy atom. The molecular weight excluding hydrogens is 254 g/mol. The van der Waals surface area contributed by atoms with Gasteiger partial charge in [0.05, 0.1) is 6.61 Å². The monoisotopic (exact) mass is 269 g/mol. The maximum atomic E-state index is 11.4. The highest BCUT2D eigenvalue weighted by Gasteiger charge is 2.17. The lowest BCUT2D eigenvalue weighted by atomic mass is 9.96. The van der Waals surface area contributed by atoms with E-state index < -0.39 is 0 Å². The van der Waals surface area contributed by atoms with E-state index in [9.17, 15) is 9.59 Å². The van der Waals surface area contributed by atoms with Gasteiger partial charge in [0, 0.05) is 31.3 Å². The van der Waals surface area contributed by atoms with E-state index in [2.05, 4.69) is 5.32 Å². The van der Waals surface area contributed by atoms with Crippen LogP contribution in [-0.4, -0.2) is 25.5 Å². The Kier molecular flexibility index (Phi) is 5.65. The van der Waals surface area contributed by atoms with Crippen LogP contribution in [0.2, 0.25) is 5.02 Å². The number of esters is 1. The Hall–Kier alpha value is -1.55. The summed E-state index contributed by atoms with van der Waals surface area (Å²) in [6, 6.07) is 7.21. The zero-order chi connectivity index (χ0) is 13.5. The molecule has 5 heteroatoms. The van der Waals surface area contributed by atoms with Crippen LogP contribution >= 0.6 is 11.6 Å². The summed E-state index contributed by atoms with van der Waals surface area (Å²) in [5, 5.41) is 3.15. The van der Waals surface area contributed by atoms with Gasteiger partial charge in [0.2, 0.25) is 5.91 Å². The zero-order valence-electron chi connectivity index (χ0n) is 10.4. The standard InChI is InChI=1S/C13H16ClNO3/c1-9(16)18-8-11(7-13(17)15-2)10-4-3-5-12(14)6-10/h3-6,11H,7-8H2,1-2H3,(H,15,17)/t11-/m1/s1. The van der Waals surface area contributed by atoms with Crippen molar-refractivity contribution in [1.29, 1.82) is 0 Å². The van der Waals surface area contributed by atoms with Crippen molar-refractivity contribution < 1.29 is 14.3 Å². The van der Waals surface area contributed by atoms with Gasteiger partial charge in [-0.15, -0.1) is 0 Å². The third-order valence-electron chi connectivity index (χ3n) is 2.52. The molecule has 0 aliphatic rings. The van der Waals surface area contributed by atoms with E-state index in [0.29, 0.717) is 5.02 Å². The molecule has 1 rings (SSSR count). The topological polar surface area (TPSA) is 55.4 Å². The molecule has 18 heavy (non-hydrogen) atoms. The number of amides is 1. The highest BCUT2D eigenvalue weighted by Crippen LogP contribution is 2.23. The van der Waals surface area contributed by atoms with Crippen LogP contribution in [0.25, 0.3) is 0 Å². The van der Waals surface area contributed by atoms with Crippen molar-refractivity contribution in [2.24, 2.45) is 0 Å². The molecule has 0 unspecified atom stereocenters. The number of benzene rings is 1. The van der Waals surface area contributed by atoms with Gasteiger partial charge in [-0.2, -0.15) is 0 Å². The molecule has 1 aromatic rings. The highest BCUT2D eigenvalue weighted by atomic mass is 35.5. The van der Waals surface area contributed by atoms with Gasteiger partial charge >= 0.3 is 5.97 Å². The fourth-order valence-corrected chi connectivity index (χ4v) is 1.78. The first-order valence-electron chi connectivity index (χ1n) is 5.62. The minimum absolute atomic E-state index is 0.105. The van der Waals surface area contributed by atoms with Crippen LogP contribution in [0.4, 0.5) is 0 Å². The fraction of sp³-hybridized carbons (Fsp3) is 0.385. The third-order valence-corrected chi connectivity index (χ3v) is 2.75. The average molecular weight is 270 g/mol. The second-order valence-corrected chi connectivity index (χ2v) is 4.37. The summed E-state index contributed by atoms with van der Waals surface area (Å²) in [7, 11) is 1.57. The number of carbonyl (C=O) groups is 2. The summed E-state index contributed by atoms with van der Waals surface area (Å²) in [4.78, 5) is 22.3. The first-order chi connectivity index (χ1) is 8.52. The van der Waals surface area contributed by atoms with E-state index in [0.717, 1.165) is 5.56 Å². The number of halogens is 1. The maximum absolute atomic E-state index is 11.4. The van der Waals surface area contributed by atoms with E-state index in [4.69, 9.17) is 16.3 Å². The molecule has 0 fully saturated rings. The molecule has 0 aliphatic carbocycles. The predicted octanol–water partition coefficient (Wildman–Crippen LogP) is 2.12. The average Bonchev–Trinajstić information content (AvgIpc) is 2.33. The van der Waals surface area contributed by atoms with Crippen molar-refractivity contribution in [2.45, 2.75) is 19.3 Å². The lowest BCUT2D eigenvalue weighted by Gasteiger charge is -2.16. The highest BCUT2D eigenvalue weighted by molar-refractivity contribution is 6.30. The molecule has 0 saturated heterocycles. The quantitative estimate of drug-likeness (QED) is 0.833. The van der Waals surface area contributed by atoms with Gasteiger partial charge in [-0.25, -0.2) is 0 Å². The van der Waals surface area contributed by atoms with Gasteiger partial charge < -0.3 is 10.1 Å². The second-order valence-electron chi connectivity index (χ2n) is 3.93. The number of hydrogen-bond acceptors (Lipinski definition) is 3. The number of ether oxygens (including phenoxy) is 1. The summed E-state index contributed by atoms with van der Waals surface area (Å²) >= 11 is 5.91. The smallest absolute Gasteiger partial charge is 0.302 e. The van der Waals surface area contributed by atoms with Gasteiger partial charge in [0.15, 0.2) is 0 Å². The SMILES string of the molecule is CNC(=O)C[C@H](COC(C)=O)c1cccc(Cl)c1. The van der Waals surface area contributed by atoms with Gasteiger partial charge in [-0.05, 0) is 17.7 Å². The summed E-state index contributed by atoms with van der Waals surface area (Å²) in [6.07, 6.45) is 0.254. The molecule has 1 amide bonds. The van der Waals surface area contributed by atoms with Crippen LogP contribution in [0.5, 0.6) is 0 Å². The van der Waals surface area contributed by atoms with Crippen molar-refractivity contribution in [3.8, 4) is 0 Å². The summed E-state index contributed by atoms with van der Waals surface area (Å²) < 4.78 is 4.98. The molecule has 0 heterocycles. The van der Waals surface area contributed by atoms with Gasteiger partial charge in [-0.1, -0.05) is 23.7 Å². The number of hydrogen-bond donors (Lipinski definition) is 1. The Morgan fingerprint density at radius 3 is 2.72 bits per heavy atom. The van der Waals surface area contributed by atoms with Crippen LogP contribution in [0.1, 0.15) is 24.8 Å². The number of nitrogens with one attached hydrogen (secondary N) is 1. The maximum Gasteiger partial charge on any atom is 0.302 e. The molecule has 0 aromatic heterocycles. The molecule has 98 valence electrons. The van der Waals surface area contributed by atoms with Crippen LogP contribution in [-0.2, 0) is 14.3 Å². The van der Waals surface area contributed by atoms with E-state index in [1.54, 1.807) is 19.2 Å². The largest absolute Gasteiger partial charge is 0.465 e. The Labute approximate surface area is 111 Å². The predicted molar refractivity (Wildman–Crippen MR) is 69.5 cm³/mol. The summed E-state index contributed by atoms with van der Waals surface area (Å²) in [6.45, 7) is 1.51. The van der Waals surface area contributed by atoms with E-state index >= 15 is 0 Å². The molecule has 1 aromatic carbocycles. The lowest BCUT2D eigenvalue weighted by Crippen LogP contribution is -2.23. The molecule has 0 radical (unpaired) electrons. The third kappa shape index (κ3) is 4.75. The molecule has 1 N–H and O–H groups in total. The van der Waals surface area contributed by atoms with Crippen LogP contribution in [0.3, 0.4) is 0 Å². The normalized spacial score (nSPS) is 11.7. The van der Waals surface area contributed by atoms with Crippen molar-refractivity contribution >= 4 is 23.5 Å². The molecule has 0 aliphatic heterocycles. The summed E-state index contributed by atoms with van der Waals surface area (Å²) in [5.41, 5.74) is 0.882. The molecular formula is C13H16ClNO3. The van der Waals surface area contributed by atoms with Crippen molar-refractivity contribution in [1.82, 2.24) is 5.32 Å². The molecule has 1 atom stereocenters. The number of rotatable bonds is 5. The lowest BCUT2D eigenvalue weighted by molar-refractivity contribution is -0.142. The van der Waals surface area contributed by atoms with Gasteiger partial charge in [-0.3, -0.25) is 9.59 Å². The van der Waals surface area contributed by atoms with Gasteiger partial charge in [0.1, 0.15) is 0 Å². The first-order valence-corrected chi connectivity index (χ1v) is 6.00. The van der Waals surface area contributed by atoms with E-state index in [-0.39, 0.29) is 30.8 Å². The zero-order valence-corrected chi connectivity index (χ0v) is 11.2. The van der Waals surface area contributed by atoms with Gasteiger partial charge in [0.25, 0.3) is 0 Å². The Balaban J connectivity index is 2.81. The molecule has 4 nitrogen and oxygen atoms in total. The van der Waals surface area contributed by atoms with E-state index in [1.165, 1.54) is 6.92 Å². The van der Waals surface area contributed by atoms with Crippen LogP contribution in [0.15, 0.2) is 24.3 Å². The molecule has 0 spiro atoms. The minimum Gasteiger partial charge on any atom is -0.465 e. The molecule has 0 saturated carbocycles. The Bertz CT molecular complexity index is 434. The minimum atomic E-state index is -0.362.